The highest BCUT2D eigenvalue weighted by atomic mass is 32.2. The zero-order chi connectivity index (χ0) is 24.2. The maximum atomic E-state index is 12.8. The number of aryl methyl sites for hydroxylation is 1. The lowest BCUT2D eigenvalue weighted by Crippen LogP contribution is -2.41. The molecule has 176 valence electrons. The van der Waals surface area contributed by atoms with E-state index in [0.29, 0.717) is 11.6 Å². The van der Waals surface area contributed by atoms with E-state index in [9.17, 15) is 13.2 Å². The van der Waals surface area contributed by atoms with Gasteiger partial charge >= 0.3 is 0 Å². The van der Waals surface area contributed by atoms with E-state index in [1.807, 2.05) is 32.0 Å². The van der Waals surface area contributed by atoms with E-state index >= 15 is 0 Å². The van der Waals surface area contributed by atoms with Gasteiger partial charge in [0.2, 0.25) is 15.9 Å². The van der Waals surface area contributed by atoms with E-state index < -0.39 is 10.0 Å². The van der Waals surface area contributed by atoms with E-state index in [0.717, 1.165) is 38.6 Å². The van der Waals surface area contributed by atoms with Gasteiger partial charge in [-0.25, -0.2) is 8.42 Å². The number of carbonyl (C=O) groups is 1. The van der Waals surface area contributed by atoms with Gasteiger partial charge in [-0.3, -0.25) is 9.10 Å². The lowest BCUT2D eigenvalue weighted by Gasteiger charge is -2.25. The van der Waals surface area contributed by atoms with Crippen molar-refractivity contribution in [1.82, 2.24) is 5.32 Å². The fourth-order valence-electron chi connectivity index (χ4n) is 3.73. The second kappa shape index (κ2) is 10.4. The van der Waals surface area contributed by atoms with Crippen molar-refractivity contribution < 1.29 is 17.9 Å². The Labute approximate surface area is 193 Å². The Morgan fingerprint density at radius 1 is 1.00 bits per heavy atom. The molecule has 0 aromatic heterocycles. The smallest absolute Gasteiger partial charge is 0.241 e. The van der Waals surface area contributed by atoms with Crippen LogP contribution in [0.4, 0.5) is 5.69 Å². The van der Waals surface area contributed by atoms with Gasteiger partial charge in [-0.15, -0.1) is 0 Å². The number of anilines is 1. The van der Waals surface area contributed by atoms with Gasteiger partial charge in [-0.1, -0.05) is 39.8 Å². The van der Waals surface area contributed by atoms with Crippen molar-refractivity contribution in [3.63, 3.8) is 0 Å². The number of hydrogen-bond donors (Lipinski definition) is 1. The van der Waals surface area contributed by atoms with Crippen molar-refractivity contribution in [2.45, 2.75) is 59.4 Å². The maximum Gasteiger partial charge on any atom is 0.241 e. The van der Waals surface area contributed by atoms with Crippen LogP contribution >= 0.6 is 0 Å². The topological polar surface area (TPSA) is 75.7 Å². The van der Waals surface area contributed by atoms with Crippen LogP contribution < -0.4 is 14.4 Å². The summed E-state index contributed by atoms with van der Waals surface area (Å²) in [6.07, 6.45) is 1.11. The van der Waals surface area contributed by atoms with E-state index in [-0.39, 0.29) is 24.4 Å². The van der Waals surface area contributed by atoms with E-state index in [1.165, 1.54) is 0 Å². The van der Waals surface area contributed by atoms with Gasteiger partial charge in [0.1, 0.15) is 12.3 Å². The molecule has 6 nitrogen and oxygen atoms in total. The Bertz CT molecular complexity index is 1040. The molecule has 0 aliphatic carbocycles. The van der Waals surface area contributed by atoms with Crippen molar-refractivity contribution >= 4 is 21.6 Å². The molecule has 2 rings (SSSR count). The van der Waals surface area contributed by atoms with Crippen LogP contribution in [0.25, 0.3) is 0 Å². The Morgan fingerprint density at radius 3 is 2.06 bits per heavy atom. The second-order valence-corrected chi connectivity index (χ2v) is 10.8. The van der Waals surface area contributed by atoms with Crippen LogP contribution in [-0.2, 0) is 14.8 Å². The first-order valence-electron chi connectivity index (χ1n) is 10.9. The molecule has 0 radical (unpaired) electrons. The van der Waals surface area contributed by atoms with Crippen LogP contribution in [0.1, 0.15) is 74.8 Å². The highest BCUT2D eigenvalue weighted by Crippen LogP contribution is 2.32. The van der Waals surface area contributed by atoms with Crippen LogP contribution in [0.15, 0.2) is 36.4 Å². The SMILES string of the molecule is COc1cc(C)c([C@H](C)NC(=O)CN(c2ccc(C(C)C)cc2)S(C)(=O)=O)cc1C(C)C. The third-order valence-electron chi connectivity index (χ3n) is 5.62. The lowest BCUT2D eigenvalue weighted by atomic mass is 9.93. The molecule has 0 unspecified atom stereocenters. The number of hydrogen-bond acceptors (Lipinski definition) is 4. The van der Waals surface area contributed by atoms with Crippen molar-refractivity contribution in [1.29, 1.82) is 0 Å². The number of sulfonamides is 1. The minimum absolute atomic E-state index is 0.265. The van der Waals surface area contributed by atoms with Gasteiger partial charge in [0.05, 0.1) is 25.1 Å². The van der Waals surface area contributed by atoms with E-state index in [4.69, 9.17) is 4.74 Å². The molecule has 0 saturated carbocycles. The molecule has 7 heteroatoms. The van der Waals surface area contributed by atoms with E-state index in [2.05, 4.69) is 39.1 Å². The Kier molecular flexibility index (Phi) is 8.35. The van der Waals surface area contributed by atoms with Crippen molar-refractivity contribution in [2.75, 3.05) is 24.2 Å². The van der Waals surface area contributed by atoms with Crippen molar-refractivity contribution in [3.05, 3.63) is 58.7 Å². The Hall–Kier alpha value is -2.54. The highest BCUT2D eigenvalue weighted by Gasteiger charge is 2.23. The number of benzene rings is 2. The zero-order valence-corrected chi connectivity index (χ0v) is 21.2. The average Bonchev–Trinajstić information content (AvgIpc) is 2.70. The molecule has 0 bridgehead atoms. The molecule has 0 fully saturated rings. The first-order valence-corrected chi connectivity index (χ1v) is 12.7. The fourth-order valence-corrected chi connectivity index (χ4v) is 4.59. The van der Waals surface area contributed by atoms with E-state index in [1.54, 1.807) is 19.2 Å². The summed E-state index contributed by atoms with van der Waals surface area (Å²) in [4.78, 5) is 12.8. The number of nitrogens with zero attached hydrogens (tertiary/aromatic N) is 1. The second-order valence-electron chi connectivity index (χ2n) is 8.91. The standard InChI is InChI=1S/C25H36N2O4S/c1-16(2)20-9-11-21(12-10-20)27(32(8,29)30)15-25(28)26-19(6)23-14-22(17(3)4)24(31-7)13-18(23)5/h9-14,16-17,19H,15H2,1-8H3,(H,26,28)/t19-/m0/s1. The normalized spacial score (nSPS) is 12.7. The molecule has 0 aliphatic rings. The number of ether oxygens (including phenoxy) is 1. The first-order chi connectivity index (χ1) is 14.8. The van der Waals surface area contributed by atoms with Gasteiger partial charge in [-0.05, 0) is 72.2 Å². The summed E-state index contributed by atoms with van der Waals surface area (Å²) < 4.78 is 31.5. The molecule has 1 amide bonds. The molecule has 32 heavy (non-hydrogen) atoms. The predicted octanol–water partition coefficient (Wildman–Crippen LogP) is 4.89. The van der Waals surface area contributed by atoms with Crippen molar-refractivity contribution in [3.8, 4) is 5.75 Å². The van der Waals surface area contributed by atoms with Crippen LogP contribution in [-0.4, -0.2) is 34.2 Å². The van der Waals surface area contributed by atoms with Gasteiger partial charge in [-0.2, -0.15) is 0 Å². The van der Waals surface area contributed by atoms with Gasteiger partial charge < -0.3 is 10.1 Å². The third kappa shape index (κ3) is 6.25. The third-order valence-corrected chi connectivity index (χ3v) is 6.76. The minimum atomic E-state index is -3.63. The quantitative estimate of drug-likeness (QED) is 0.578. The van der Waals surface area contributed by atoms with Gasteiger partial charge in [0.25, 0.3) is 0 Å². The molecular weight excluding hydrogens is 424 g/mol. The summed E-state index contributed by atoms with van der Waals surface area (Å²) in [5, 5.41) is 2.96. The largest absolute Gasteiger partial charge is 0.496 e. The Balaban J connectivity index is 2.24. The molecule has 0 saturated heterocycles. The summed E-state index contributed by atoms with van der Waals surface area (Å²) in [7, 11) is -1.97. The average molecular weight is 461 g/mol. The predicted molar refractivity (Wildman–Crippen MR) is 131 cm³/mol. The maximum absolute atomic E-state index is 12.8. The number of methoxy groups -OCH3 is 1. The summed E-state index contributed by atoms with van der Waals surface area (Å²) in [6, 6.07) is 11.0. The molecular formula is C25H36N2O4S. The van der Waals surface area contributed by atoms with Crippen molar-refractivity contribution in [2.24, 2.45) is 0 Å². The van der Waals surface area contributed by atoms with Crippen LogP contribution in [0.5, 0.6) is 5.75 Å². The molecule has 2 aromatic carbocycles. The van der Waals surface area contributed by atoms with Crippen LogP contribution in [0, 0.1) is 6.92 Å². The van der Waals surface area contributed by atoms with Crippen LogP contribution in [0.3, 0.4) is 0 Å². The minimum Gasteiger partial charge on any atom is -0.496 e. The summed E-state index contributed by atoms with van der Waals surface area (Å²) >= 11 is 0. The molecule has 0 aliphatic heterocycles. The first kappa shape index (κ1) is 25.7. The lowest BCUT2D eigenvalue weighted by molar-refractivity contribution is -0.120. The molecule has 0 spiro atoms. The van der Waals surface area contributed by atoms with Gasteiger partial charge in [0, 0.05) is 0 Å². The summed E-state index contributed by atoms with van der Waals surface area (Å²) in [5.74, 6) is 1.06. The number of nitrogens with one attached hydrogen (secondary N) is 1. The fraction of sp³-hybridized carbons (Fsp3) is 0.480. The van der Waals surface area contributed by atoms with Gasteiger partial charge in [0.15, 0.2) is 0 Å². The highest BCUT2D eigenvalue weighted by molar-refractivity contribution is 7.92. The number of carbonyl (C=O) groups excluding carboxylic acids is 1. The molecule has 1 N–H and O–H groups in total. The molecule has 2 aromatic rings. The van der Waals surface area contributed by atoms with Crippen LogP contribution in [0.2, 0.25) is 0 Å². The monoisotopic (exact) mass is 460 g/mol. The summed E-state index contributed by atoms with van der Waals surface area (Å²) in [6.45, 7) is 11.9. The number of rotatable bonds is 9. The zero-order valence-electron chi connectivity index (χ0n) is 20.4. The summed E-state index contributed by atoms with van der Waals surface area (Å²) in [5.41, 5.74) is 4.63. The number of amides is 1. The molecule has 0 heterocycles. The Morgan fingerprint density at radius 2 is 1.59 bits per heavy atom. The molecule has 1 atom stereocenters.